The smallest absolute Gasteiger partial charge is 0.226 e. The number of anilines is 1. The van der Waals surface area contributed by atoms with E-state index in [4.69, 9.17) is 9.47 Å². The second kappa shape index (κ2) is 8.41. The lowest BCUT2D eigenvalue weighted by atomic mass is 9.93. The number of Topliss-reactive ketones (excluding diaryl/α,β-unsaturated/α-hetero) is 1. The Morgan fingerprint density at radius 1 is 1.13 bits per heavy atom. The second-order valence-electron chi connectivity index (χ2n) is 7.06. The van der Waals surface area contributed by atoms with E-state index in [0.717, 1.165) is 16.8 Å². The van der Waals surface area contributed by atoms with Crippen LogP contribution < -0.4 is 14.8 Å². The van der Waals surface area contributed by atoms with Gasteiger partial charge in [0.1, 0.15) is 19.0 Å². The fourth-order valence-electron chi connectivity index (χ4n) is 3.67. The number of carbonyl (C=O) groups is 1. The predicted molar refractivity (Wildman–Crippen MR) is 114 cm³/mol. The largest absolute Gasteiger partial charge is 0.490 e. The van der Waals surface area contributed by atoms with Crippen molar-refractivity contribution in [3.05, 3.63) is 77.3 Å². The molecule has 1 aliphatic rings. The Hall–Kier alpha value is -3.61. The van der Waals surface area contributed by atoms with E-state index < -0.39 is 0 Å². The summed E-state index contributed by atoms with van der Waals surface area (Å²) in [4.78, 5) is 16.7. The van der Waals surface area contributed by atoms with Gasteiger partial charge in [0.15, 0.2) is 17.3 Å². The van der Waals surface area contributed by atoms with Gasteiger partial charge < -0.3 is 14.8 Å². The normalized spacial score (nSPS) is 15.4. The molecule has 30 heavy (non-hydrogen) atoms. The molecule has 0 saturated carbocycles. The molecule has 7 nitrogen and oxygen atoms in total. The van der Waals surface area contributed by atoms with Gasteiger partial charge in [-0.15, -0.1) is 0 Å². The Balaban J connectivity index is 1.70. The van der Waals surface area contributed by atoms with Gasteiger partial charge in [-0.05, 0) is 44.0 Å². The van der Waals surface area contributed by atoms with Crippen LogP contribution in [0, 0.1) is 0 Å². The number of ketones is 1. The topological polar surface area (TPSA) is 78.3 Å². The SMILES string of the molecule is CCOc1cc(C2C(C(C)=O)=C(C)Nc3ncnn32)ccc1OCc1ccccc1. The maximum atomic E-state index is 12.4. The quantitative estimate of drug-likeness (QED) is 0.638. The molecule has 154 valence electrons. The molecule has 0 saturated heterocycles. The Bertz CT molecular complexity index is 1090. The number of nitrogens with one attached hydrogen (secondary N) is 1. The lowest BCUT2D eigenvalue weighted by Crippen LogP contribution is -2.27. The first-order valence-electron chi connectivity index (χ1n) is 9.90. The first kappa shape index (κ1) is 19.7. The van der Waals surface area contributed by atoms with E-state index in [1.807, 2.05) is 62.4 Å². The van der Waals surface area contributed by atoms with Crippen molar-refractivity contribution in [2.75, 3.05) is 11.9 Å². The van der Waals surface area contributed by atoms with Crippen molar-refractivity contribution in [2.45, 2.75) is 33.4 Å². The molecule has 2 heterocycles. The van der Waals surface area contributed by atoms with Crippen molar-refractivity contribution in [1.29, 1.82) is 0 Å². The maximum absolute atomic E-state index is 12.4. The lowest BCUT2D eigenvalue weighted by Gasteiger charge is -2.28. The van der Waals surface area contributed by atoms with Gasteiger partial charge in [0, 0.05) is 11.3 Å². The van der Waals surface area contributed by atoms with Crippen LogP contribution in [0.2, 0.25) is 0 Å². The van der Waals surface area contributed by atoms with Gasteiger partial charge in [-0.25, -0.2) is 4.68 Å². The number of benzene rings is 2. The number of rotatable bonds is 7. The zero-order valence-corrected chi connectivity index (χ0v) is 17.3. The van der Waals surface area contributed by atoms with Crippen molar-refractivity contribution >= 4 is 11.7 Å². The van der Waals surface area contributed by atoms with Gasteiger partial charge in [0.05, 0.1) is 6.61 Å². The predicted octanol–water partition coefficient (Wildman–Crippen LogP) is 4.13. The first-order valence-corrected chi connectivity index (χ1v) is 9.90. The monoisotopic (exact) mass is 404 g/mol. The van der Waals surface area contributed by atoms with Gasteiger partial charge in [0.2, 0.25) is 5.95 Å². The minimum Gasteiger partial charge on any atom is -0.490 e. The summed E-state index contributed by atoms with van der Waals surface area (Å²) in [6.45, 7) is 6.32. The average molecular weight is 404 g/mol. The molecule has 0 aliphatic carbocycles. The molecule has 1 aliphatic heterocycles. The number of carbonyl (C=O) groups excluding carboxylic acids is 1. The Morgan fingerprint density at radius 3 is 2.67 bits per heavy atom. The van der Waals surface area contributed by atoms with Crippen LogP contribution in [0.1, 0.15) is 37.9 Å². The van der Waals surface area contributed by atoms with Crippen molar-refractivity contribution in [1.82, 2.24) is 14.8 Å². The number of hydrogen-bond acceptors (Lipinski definition) is 6. The van der Waals surface area contributed by atoms with Gasteiger partial charge in [-0.1, -0.05) is 36.4 Å². The van der Waals surface area contributed by atoms with Crippen LogP contribution in [0.4, 0.5) is 5.95 Å². The number of aromatic nitrogens is 3. The highest BCUT2D eigenvalue weighted by Crippen LogP contribution is 2.38. The molecule has 1 unspecified atom stereocenters. The minimum atomic E-state index is -0.386. The summed E-state index contributed by atoms with van der Waals surface area (Å²) in [5.74, 6) is 1.87. The third kappa shape index (κ3) is 3.78. The van der Waals surface area contributed by atoms with Gasteiger partial charge in [-0.3, -0.25) is 4.79 Å². The number of hydrogen-bond donors (Lipinski definition) is 1. The van der Waals surface area contributed by atoms with Crippen LogP contribution in [0.15, 0.2) is 66.1 Å². The van der Waals surface area contributed by atoms with E-state index in [2.05, 4.69) is 15.4 Å². The molecule has 3 aromatic rings. The zero-order valence-electron chi connectivity index (χ0n) is 17.3. The fourth-order valence-corrected chi connectivity index (χ4v) is 3.67. The zero-order chi connectivity index (χ0) is 21.1. The van der Waals surface area contributed by atoms with Crippen LogP contribution in [0.25, 0.3) is 0 Å². The second-order valence-corrected chi connectivity index (χ2v) is 7.06. The highest BCUT2D eigenvalue weighted by molar-refractivity contribution is 5.96. The third-order valence-corrected chi connectivity index (χ3v) is 4.99. The Labute approximate surface area is 175 Å². The van der Waals surface area contributed by atoms with E-state index >= 15 is 0 Å². The Kier molecular flexibility index (Phi) is 5.52. The molecule has 7 heteroatoms. The summed E-state index contributed by atoms with van der Waals surface area (Å²) in [7, 11) is 0. The van der Waals surface area contributed by atoms with E-state index in [9.17, 15) is 4.79 Å². The van der Waals surface area contributed by atoms with E-state index in [1.54, 1.807) is 11.6 Å². The van der Waals surface area contributed by atoms with Crippen LogP contribution in [0.3, 0.4) is 0 Å². The summed E-state index contributed by atoms with van der Waals surface area (Å²) >= 11 is 0. The first-order chi connectivity index (χ1) is 14.6. The third-order valence-electron chi connectivity index (χ3n) is 4.99. The maximum Gasteiger partial charge on any atom is 0.226 e. The van der Waals surface area contributed by atoms with Gasteiger partial charge in [0.25, 0.3) is 0 Å². The molecule has 2 aromatic carbocycles. The fraction of sp³-hybridized carbons (Fsp3) is 0.261. The molecule has 0 bridgehead atoms. The highest BCUT2D eigenvalue weighted by atomic mass is 16.5. The molecule has 1 atom stereocenters. The van der Waals surface area contributed by atoms with Crippen LogP contribution >= 0.6 is 0 Å². The van der Waals surface area contributed by atoms with Crippen LogP contribution in [0.5, 0.6) is 11.5 Å². The standard InChI is InChI=1S/C23H24N4O3/c1-4-29-20-12-18(10-11-19(20)30-13-17-8-6-5-7-9-17)22-21(16(3)28)15(2)26-23-24-14-25-27(22)23/h5-12,14,22H,4,13H2,1-3H3,(H,24,25,26). The minimum absolute atomic E-state index is 0.0199. The van der Waals surface area contributed by atoms with Crippen molar-refractivity contribution < 1.29 is 14.3 Å². The van der Waals surface area contributed by atoms with E-state index in [-0.39, 0.29) is 11.8 Å². The lowest BCUT2D eigenvalue weighted by molar-refractivity contribution is -0.114. The summed E-state index contributed by atoms with van der Waals surface area (Å²) in [5.41, 5.74) is 3.37. The molecule has 4 rings (SSSR count). The Morgan fingerprint density at radius 2 is 1.93 bits per heavy atom. The summed E-state index contributed by atoms with van der Waals surface area (Å²) in [6, 6.07) is 15.3. The number of fused-ring (bicyclic) bond motifs is 1. The molecule has 1 N–H and O–H groups in total. The molecule has 1 aromatic heterocycles. The molecule has 0 spiro atoms. The molecular weight excluding hydrogens is 380 g/mol. The molecule has 0 amide bonds. The average Bonchev–Trinajstić information content (AvgIpc) is 3.20. The number of allylic oxidation sites excluding steroid dienone is 2. The van der Waals surface area contributed by atoms with Crippen LogP contribution in [-0.2, 0) is 11.4 Å². The van der Waals surface area contributed by atoms with E-state index in [0.29, 0.717) is 36.2 Å². The summed E-state index contributed by atoms with van der Waals surface area (Å²) < 4.78 is 13.6. The van der Waals surface area contributed by atoms with Crippen molar-refractivity contribution in [3.63, 3.8) is 0 Å². The number of ether oxygens (including phenoxy) is 2. The van der Waals surface area contributed by atoms with Crippen molar-refractivity contribution in [3.8, 4) is 11.5 Å². The highest BCUT2D eigenvalue weighted by Gasteiger charge is 2.32. The number of nitrogens with zero attached hydrogens (tertiary/aromatic N) is 3. The summed E-state index contributed by atoms with van der Waals surface area (Å²) in [6.07, 6.45) is 1.48. The van der Waals surface area contributed by atoms with Gasteiger partial charge in [-0.2, -0.15) is 10.1 Å². The van der Waals surface area contributed by atoms with Gasteiger partial charge >= 0.3 is 0 Å². The van der Waals surface area contributed by atoms with Crippen molar-refractivity contribution in [2.24, 2.45) is 0 Å². The molecule has 0 fully saturated rings. The summed E-state index contributed by atoms with van der Waals surface area (Å²) in [5, 5.41) is 7.49. The molecule has 0 radical (unpaired) electrons. The van der Waals surface area contributed by atoms with Crippen LogP contribution in [-0.4, -0.2) is 27.2 Å². The van der Waals surface area contributed by atoms with E-state index in [1.165, 1.54) is 6.33 Å². The molecular formula is C23H24N4O3.